The molecule has 3 rings (SSSR count). The number of benzene rings is 2. The highest BCUT2D eigenvalue weighted by Gasteiger charge is 2.24. The van der Waals surface area contributed by atoms with Crippen molar-refractivity contribution >= 4 is 40.8 Å². The minimum atomic E-state index is -1.17. The fourth-order valence-corrected chi connectivity index (χ4v) is 3.24. The number of carbonyl (C=O) groups is 2. The van der Waals surface area contributed by atoms with E-state index in [9.17, 15) is 14.4 Å². The normalized spacial score (nSPS) is 11.8. The van der Waals surface area contributed by atoms with Gasteiger partial charge in [0.05, 0.1) is 22.0 Å². The van der Waals surface area contributed by atoms with Gasteiger partial charge in [-0.1, -0.05) is 41.4 Å². The van der Waals surface area contributed by atoms with E-state index in [1.807, 2.05) is 18.2 Å². The number of anilines is 1. The van der Waals surface area contributed by atoms with Crippen LogP contribution in [-0.4, -0.2) is 27.3 Å². The Balaban J connectivity index is 1.80. The molecule has 0 bridgehead atoms. The lowest BCUT2D eigenvalue weighted by Crippen LogP contribution is -2.32. The van der Waals surface area contributed by atoms with Crippen LogP contribution in [0.25, 0.3) is 5.69 Å². The quantitative estimate of drug-likeness (QED) is 0.599. The zero-order valence-corrected chi connectivity index (χ0v) is 18.0. The van der Waals surface area contributed by atoms with Gasteiger partial charge >= 0.3 is 5.97 Å². The Kier molecular flexibility index (Phi) is 6.34. The molecule has 1 aromatic heterocycles. The van der Waals surface area contributed by atoms with Crippen LogP contribution in [0.5, 0.6) is 0 Å². The second-order valence-electron chi connectivity index (χ2n) is 6.60. The summed E-state index contributed by atoms with van der Waals surface area (Å²) < 4.78 is 8.27. The maximum absolute atomic E-state index is 12.9. The van der Waals surface area contributed by atoms with Crippen molar-refractivity contribution in [2.24, 2.45) is 7.05 Å². The minimum absolute atomic E-state index is 0.0474. The second-order valence-corrected chi connectivity index (χ2v) is 7.44. The lowest BCUT2D eigenvalue weighted by atomic mass is 10.2. The van der Waals surface area contributed by atoms with Gasteiger partial charge in [-0.3, -0.25) is 14.3 Å². The van der Waals surface area contributed by atoms with Gasteiger partial charge in [0.1, 0.15) is 5.69 Å². The van der Waals surface area contributed by atoms with Gasteiger partial charge in [-0.15, -0.1) is 0 Å². The van der Waals surface area contributed by atoms with Crippen molar-refractivity contribution in [3.05, 3.63) is 80.2 Å². The summed E-state index contributed by atoms with van der Waals surface area (Å²) >= 11 is 11.9. The second kappa shape index (κ2) is 8.77. The van der Waals surface area contributed by atoms with Crippen molar-refractivity contribution < 1.29 is 14.3 Å². The summed E-state index contributed by atoms with van der Waals surface area (Å²) in [6, 6.07) is 13.4. The molecule has 0 unspecified atom stereocenters. The van der Waals surface area contributed by atoms with Crippen LogP contribution in [0.15, 0.2) is 53.3 Å². The predicted octanol–water partition coefficient (Wildman–Crippen LogP) is 3.98. The van der Waals surface area contributed by atoms with Gasteiger partial charge in [0, 0.05) is 12.1 Å². The van der Waals surface area contributed by atoms with Crippen LogP contribution in [0.1, 0.15) is 23.0 Å². The number of halogens is 2. The fourth-order valence-electron chi connectivity index (χ4n) is 2.87. The lowest BCUT2D eigenvalue weighted by Gasteiger charge is -2.13. The first-order chi connectivity index (χ1) is 14.2. The fraction of sp³-hybridized carbons (Fsp3) is 0.190. The number of hydrogen-bond acceptors (Lipinski definition) is 4. The highest BCUT2D eigenvalue weighted by atomic mass is 35.5. The van der Waals surface area contributed by atoms with Crippen LogP contribution in [0, 0.1) is 6.92 Å². The summed E-state index contributed by atoms with van der Waals surface area (Å²) in [5.74, 6) is -1.44. The largest absolute Gasteiger partial charge is 0.449 e. The summed E-state index contributed by atoms with van der Waals surface area (Å²) in [4.78, 5) is 37.8. The van der Waals surface area contributed by atoms with Crippen LogP contribution in [0.4, 0.5) is 5.69 Å². The molecule has 1 amide bonds. The van der Waals surface area contributed by atoms with Gasteiger partial charge < -0.3 is 10.1 Å². The van der Waals surface area contributed by atoms with Crippen LogP contribution in [0.3, 0.4) is 0 Å². The van der Waals surface area contributed by atoms with Crippen molar-refractivity contribution in [1.82, 2.24) is 9.36 Å². The first kappa shape index (κ1) is 21.7. The molecule has 3 aromatic rings. The van der Waals surface area contributed by atoms with Gasteiger partial charge in [0.15, 0.2) is 6.10 Å². The molecule has 0 radical (unpaired) electrons. The molecule has 0 aliphatic carbocycles. The Bertz CT molecular complexity index is 1170. The molecule has 1 atom stereocenters. The third kappa shape index (κ3) is 4.27. The van der Waals surface area contributed by atoms with E-state index >= 15 is 0 Å². The SMILES string of the molecule is Cc1c(NC(=O)[C@@H](C)OC(=O)c2cc(Cl)ccc2Cl)c(=O)n(-c2ccccc2)n1C. The maximum Gasteiger partial charge on any atom is 0.340 e. The van der Waals surface area contributed by atoms with Crippen molar-refractivity contribution in [3.63, 3.8) is 0 Å². The number of aromatic nitrogens is 2. The third-order valence-electron chi connectivity index (χ3n) is 4.60. The number of rotatable bonds is 5. The van der Waals surface area contributed by atoms with E-state index in [1.54, 1.807) is 30.8 Å². The zero-order chi connectivity index (χ0) is 22.0. The Morgan fingerprint density at radius 2 is 1.77 bits per heavy atom. The number of esters is 1. The van der Waals surface area contributed by atoms with Crippen molar-refractivity contribution in [2.75, 3.05) is 5.32 Å². The Labute approximate surface area is 182 Å². The van der Waals surface area contributed by atoms with Crippen molar-refractivity contribution in [3.8, 4) is 5.69 Å². The van der Waals surface area contributed by atoms with E-state index in [1.165, 1.54) is 29.8 Å². The molecule has 0 saturated heterocycles. The van der Waals surface area contributed by atoms with Crippen LogP contribution in [0.2, 0.25) is 10.0 Å². The van der Waals surface area contributed by atoms with Gasteiger partial charge in [-0.05, 0) is 44.2 Å². The van der Waals surface area contributed by atoms with E-state index in [-0.39, 0.29) is 16.3 Å². The molecule has 2 aromatic carbocycles. The number of nitrogens with zero attached hydrogens (tertiary/aromatic N) is 2. The molecule has 0 saturated carbocycles. The molecule has 0 aliphatic heterocycles. The van der Waals surface area contributed by atoms with Crippen LogP contribution in [-0.2, 0) is 16.6 Å². The predicted molar refractivity (Wildman–Crippen MR) is 116 cm³/mol. The summed E-state index contributed by atoms with van der Waals surface area (Å²) in [5, 5.41) is 3.03. The lowest BCUT2D eigenvalue weighted by molar-refractivity contribution is -0.123. The topological polar surface area (TPSA) is 82.3 Å². The monoisotopic (exact) mass is 447 g/mol. The molecular formula is C21H19Cl2N3O4. The van der Waals surface area contributed by atoms with Gasteiger partial charge in [-0.25, -0.2) is 9.48 Å². The molecule has 0 spiro atoms. The molecular weight excluding hydrogens is 429 g/mol. The molecule has 1 N–H and O–H groups in total. The van der Waals surface area contributed by atoms with E-state index in [0.717, 1.165) is 0 Å². The van der Waals surface area contributed by atoms with Crippen LogP contribution < -0.4 is 10.9 Å². The smallest absolute Gasteiger partial charge is 0.340 e. The summed E-state index contributed by atoms with van der Waals surface area (Å²) in [7, 11) is 1.71. The third-order valence-corrected chi connectivity index (χ3v) is 5.17. The zero-order valence-electron chi connectivity index (χ0n) is 16.5. The average Bonchev–Trinajstić information content (AvgIpc) is 2.93. The maximum atomic E-state index is 12.9. The molecule has 7 nitrogen and oxygen atoms in total. The molecule has 30 heavy (non-hydrogen) atoms. The Hall–Kier alpha value is -3.03. The molecule has 156 valence electrons. The van der Waals surface area contributed by atoms with Gasteiger partial charge in [0.25, 0.3) is 11.5 Å². The average molecular weight is 448 g/mol. The van der Waals surface area contributed by atoms with Gasteiger partial charge in [0.2, 0.25) is 0 Å². The van der Waals surface area contributed by atoms with Crippen molar-refractivity contribution in [1.29, 1.82) is 0 Å². The van der Waals surface area contributed by atoms with E-state index in [0.29, 0.717) is 16.4 Å². The van der Waals surface area contributed by atoms with E-state index in [2.05, 4.69) is 5.32 Å². The molecule has 9 heteroatoms. The number of nitrogens with one attached hydrogen (secondary N) is 1. The number of hydrogen-bond donors (Lipinski definition) is 1. The Morgan fingerprint density at radius 1 is 1.10 bits per heavy atom. The Morgan fingerprint density at radius 3 is 2.43 bits per heavy atom. The number of para-hydroxylation sites is 1. The van der Waals surface area contributed by atoms with E-state index < -0.39 is 23.5 Å². The molecule has 1 heterocycles. The molecule has 0 fully saturated rings. The number of amides is 1. The highest BCUT2D eigenvalue weighted by molar-refractivity contribution is 6.35. The first-order valence-electron chi connectivity index (χ1n) is 9.01. The van der Waals surface area contributed by atoms with E-state index in [4.69, 9.17) is 27.9 Å². The summed E-state index contributed by atoms with van der Waals surface area (Å²) in [6.45, 7) is 3.11. The first-order valence-corrected chi connectivity index (χ1v) is 9.77. The number of carbonyl (C=O) groups excluding carboxylic acids is 2. The van der Waals surface area contributed by atoms with Crippen LogP contribution >= 0.6 is 23.2 Å². The minimum Gasteiger partial charge on any atom is -0.449 e. The highest BCUT2D eigenvalue weighted by Crippen LogP contribution is 2.22. The van der Waals surface area contributed by atoms with Gasteiger partial charge in [-0.2, -0.15) is 0 Å². The van der Waals surface area contributed by atoms with Crippen molar-refractivity contribution in [2.45, 2.75) is 20.0 Å². The summed E-state index contributed by atoms with van der Waals surface area (Å²) in [6.07, 6.45) is -1.17. The number of ether oxygens (including phenoxy) is 1. The standard InChI is InChI=1S/C21H19Cl2N3O4/c1-12-18(20(28)26(25(12)3)15-7-5-4-6-8-15)24-19(27)13(2)30-21(29)16-11-14(22)9-10-17(16)23/h4-11,13H,1-3H3,(H,24,27)/t13-/m1/s1. The molecule has 0 aliphatic rings. The summed E-state index contributed by atoms with van der Waals surface area (Å²) in [5.41, 5.74) is 0.962.